The molecule has 1 heterocycles. The summed E-state index contributed by atoms with van der Waals surface area (Å²) in [5.74, 6) is 0.815. The van der Waals surface area contributed by atoms with Gasteiger partial charge in [0.25, 0.3) is 0 Å². The Hall–Kier alpha value is -0.830. The molecule has 0 aromatic carbocycles. The van der Waals surface area contributed by atoms with Crippen LogP contribution in [0.4, 0.5) is 0 Å². The maximum atomic E-state index is 11.4. The van der Waals surface area contributed by atoms with E-state index in [0.717, 1.165) is 25.5 Å². The second-order valence-corrected chi connectivity index (χ2v) is 6.45. The number of rotatable bonds is 8. The molecule has 0 saturated heterocycles. The van der Waals surface area contributed by atoms with E-state index in [1.165, 1.54) is 12.0 Å². The Morgan fingerprint density at radius 1 is 1.39 bits per heavy atom. The van der Waals surface area contributed by atoms with Crippen LogP contribution in [-0.2, 0) is 16.0 Å². The molecule has 2 atom stereocenters. The zero-order chi connectivity index (χ0) is 16.4. The molecule has 0 saturated carbocycles. The van der Waals surface area contributed by atoms with Crippen LogP contribution in [0, 0.1) is 11.8 Å². The molecule has 5 nitrogen and oxygen atoms in total. The fraction of sp³-hybridized carbons (Fsp3) is 0.625. The first-order valence-corrected chi connectivity index (χ1v) is 8.57. The molecule has 0 aliphatic rings. The normalized spacial score (nSPS) is 13.7. The first kappa shape index (κ1) is 22.2. The number of carbonyl (C=O) groups is 1. The highest BCUT2D eigenvalue weighted by Crippen LogP contribution is 2.14. The van der Waals surface area contributed by atoms with Gasteiger partial charge in [0.2, 0.25) is 0 Å². The minimum atomic E-state index is -0.214. The van der Waals surface area contributed by atoms with E-state index in [4.69, 9.17) is 4.74 Å². The second kappa shape index (κ2) is 12.6. The predicted molar refractivity (Wildman–Crippen MR) is 108 cm³/mol. The van der Waals surface area contributed by atoms with E-state index in [0.29, 0.717) is 12.5 Å². The van der Waals surface area contributed by atoms with Crippen molar-refractivity contribution in [2.75, 3.05) is 26.7 Å². The van der Waals surface area contributed by atoms with Gasteiger partial charge in [0.1, 0.15) is 0 Å². The van der Waals surface area contributed by atoms with Crippen LogP contribution in [0.25, 0.3) is 0 Å². The van der Waals surface area contributed by atoms with Gasteiger partial charge in [-0.25, -0.2) is 0 Å². The van der Waals surface area contributed by atoms with Crippen LogP contribution in [0.15, 0.2) is 22.5 Å². The maximum absolute atomic E-state index is 11.4. The van der Waals surface area contributed by atoms with Crippen LogP contribution in [0.3, 0.4) is 0 Å². The first-order chi connectivity index (χ1) is 10.6. The Bertz CT molecular complexity index is 466. The number of hydrogen-bond donors (Lipinski definition) is 2. The van der Waals surface area contributed by atoms with Gasteiger partial charge in [-0.2, -0.15) is 0 Å². The lowest BCUT2D eigenvalue weighted by atomic mass is 10.1. The quantitative estimate of drug-likeness (QED) is 0.275. The zero-order valence-corrected chi connectivity index (χ0v) is 17.4. The Balaban J connectivity index is 0.00000484. The van der Waals surface area contributed by atoms with Crippen molar-refractivity contribution < 1.29 is 9.53 Å². The summed E-state index contributed by atoms with van der Waals surface area (Å²) in [6.07, 6.45) is 1.04. The van der Waals surface area contributed by atoms with Crippen LogP contribution in [0.5, 0.6) is 0 Å². The molecule has 2 unspecified atom stereocenters. The number of esters is 1. The van der Waals surface area contributed by atoms with Crippen molar-refractivity contribution in [2.24, 2.45) is 16.8 Å². The Labute approximate surface area is 160 Å². The summed E-state index contributed by atoms with van der Waals surface area (Å²) < 4.78 is 4.72. The highest BCUT2D eigenvalue weighted by molar-refractivity contribution is 14.0. The Morgan fingerprint density at radius 2 is 2.13 bits per heavy atom. The van der Waals surface area contributed by atoms with Gasteiger partial charge in [0.05, 0.1) is 13.0 Å². The largest absolute Gasteiger partial charge is 0.469 e. The molecule has 132 valence electrons. The number of nitrogens with one attached hydrogen (secondary N) is 2. The number of thiophene rings is 1. The average molecular weight is 453 g/mol. The van der Waals surface area contributed by atoms with Crippen LogP contribution < -0.4 is 10.6 Å². The summed E-state index contributed by atoms with van der Waals surface area (Å²) in [5, 5.41) is 8.49. The predicted octanol–water partition coefficient (Wildman–Crippen LogP) is 2.91. The van der Waals surface area contributed by atoms with E-state index in [2.05, 4.69) is 40.1 Å². The summed E-state index contributed by atoms with van der Waals surface area (Å²) in [7, 11) is 1.41. The number of methoxy groups -OCH3 is 1. The third-order valence-corrected chi connectivity index (χ3v) is 4.11. The summed E-state index contributed by atoms with van der Waals surface area (Å²) in [6, 6.07) is 4.24. The molecule has 1 rings (SSSR count). The number of guanidine groups is 1. The van der Waals surface area contributed by atoms with Crippen molar-refractivity contribution >= 4 is 47.2 Å². The number of hydrogen-bond acceptors (Lipinski definition) is 4. The van der Waals surface area contributed by atoms with E-state index in [-0.39, 0.29) is 35.9 Å². The lowest BCUT2D eigenvalue weighted by Crippen LogP contribution is -2.41. The number of ether oxygens (including phenoxy) is 1. The molecule has 0 spiro atoms. The van der Waals surface area contributed by atoms with E-state index < -0.39 is 0 Å². The maximum Gasteiger partial charge on any atom is 0.310 e. The van der Waals surface area contributed by atoms with E-state index in [9.17, 15) is 4.79 Å². The fourth-order valence-electron chi connectivity index (χ4n) is 1.96. The monoisotopic (exact) mass is 453 g/mol. The van der Waals surface area contributed by atoms with Crippen molar-refractivity contribution in [1.29, 1.82) is 0 Å². The lowest BCUT2D eigenvalue weighted by Gasteiger charge is -2.15. The van der Waals surface area contributed by atoms with Gasteiger partial charge in [-0.05, 0) is 30.7 Å². The third-order valence-electron chi connectivity index (χ3n) is 3.21. The first-order valence-electron chi connectivity index (χ1n) is 7.69. The molecule has 0 bridgehead atoms. The molecular formula is C16H28IN3O2S. The van der Waals surface area contributed by atoms with E-state index in [1.54, 1.807) is 11.3 Å². The number of halogens is 1. The summed E-state index contributed by atoms with van der Waals surface area (Å²) >= 11 is 1.78. The van der Waals surface area contributed by atoms with Gasteiger partial charge in [0.15, 0.2) is 5.96 Å². The summed E-state index contributed by atoms with van der Waals surface area (Å²) in [5.41, 5.74) is 0. The van der Waals surface area contributed by atoms with Crippen LogP contribution in [-0.4, -0.2) is 38.7 Å². The molecule has 0 amide bonds. The van der Waals surface area contributed by atoms with Gasteiger partial charge in [-0.15, -0.1) is 35.3 Å². The van der Waals surface area contributed by atoms with Gasteiger partial charge < -0.3 is 15.4 Å². The SMILES string of the molecule is CCNC(=NCC(C)Cc1cccs1)NCC(C)C(=O)OC.I. The van der Waals surface area contributed by atoms with Crippen molar-refractivity contribution in [1.82, 2.24) is 10.6 Å². The van der Waals surface area contributed by atoms with Gasteiger partial charge >= 0.3 is 5.97 Å². The molecule has 23 heavy (non-hydrogen) atoms. The summed E-state index contributed by atoms with van der Waals surface area (Å²) in [6.45, 7) is 8.11. The third kappa shape index (κ3) is 9.14. The molecule has 0 fully saturated rings. The molecule has 1 aromatic rings. The minimum absolute atomic E-state index is 0. The number of aliphatic imine (C=N–C) groups is 1. The summed E-state index contributed by atoms with van der Waals surface area (Å²) in [4.78, 5) is 17.4. The zero-order valence-electron chi connectivity index (χ0n) is 14.3. The smallest absolute Gasteiger partial charge is 0.310 e. The van der Waals surface area contributed by atoms with Crippen molar-refractivity contribution in [3.8, 4) is 0 Å². The topological polar surface area (TPSA) is 62.7 Å². The highest BCUT2D eigenvalue weighted by atomic mass is 127. The van der Waals surface area contributed by atoms with Crippen LogP contribution in [0.1, 0.15) is 25.6 Å². The van der Waals surface area contributed by atoms with Crippen LogP contribution >= 0.6 is 35.3 Å². The number of nitrogens with zero attached hydrogens (tertiary/aromatic N) is 1. The molecule has 0 aliphatic heterocycles. The van der Waals surface area contributed by atoms with Crippen molar-refractivity contribution in [2.45, 2.75) is 27.2 Å². The lowest BCUT2D eigenvalue weighted by molar-refractivity contribution is -0.144. The van der Waals surface area contributed by atoms with Crippen molar-refractivity contribution in [3.05, 3.63) is 22.4 Å². The Kier molecular flexibility index (Phi) is 12.1. The van der Waals surface area contributed by atoms with Gasteiger partial charge in [-0.3, -0.25) is 9.79 Å². The number of carbonyl (C=O) groups excluding carboxylic acids is 1. The molecule has 2 N–H and O–H groups in total. The second-order valence-electron chi connectivity index (χ2n) is 5.41. The van der Waals surface area contributed by atoms with Gasteiger partial charge in [-0.1, -0.05) is 19.9 Å². The standard InChI is InChI=1S/C16H27N3O2S.HI/c1-5-17-16(19-11-13(3)15(20)21-4)18-10-12(2)9-14-7-6-8-22-14;/h6-8,12-13H,5,9-11H2,1-4H3,(H2,17,18,19);1H. The fourth-order valence-corrected chi connectivity index (χ4v) is 2.83. The molecule has 0 radical (unpaired) electrons. The molecule has 1 aromatic heterocycles. The average Bonchev–Trinajstić information content (AvgIpc) is 3.01. The molecule has 0 aliphatic carbocycles. The van der Waals surface area contributed by atoms with Gasteiger partial charge in [0, 0.05) is 24.5 Å². The highest BCUT2D eigenvalue weighted by Gasteiger charge is 2.13. The Morgan fingerprint density at radius 3 is 2.70 bits per heavy atom. The van der Waals surface area contributed by atoms with E-state index in [1.807, 2.05) is 13.8 Å². The van der Waals surface area contributed by atoms with Crippen LogP contribution in [0.2, 0.25) is 0 Å². The van der Waals surface area contributed by atoms with Crippen molar-refractivity contribution in [3.63, 3.8) is 0 Å². The molecule has 7 heteroatoms. The molecular weight excluding hydrogens is 425 g/mol. The minimum Gasteiger partial charge on any atom is -0.469 e. The van der Waals surface area contributed by atoms with E-state index >= 15 is 0 Å².